The number of hydrogen-bond donors (Lipinski definition) is 0. The van der Waals surface area contributed by atoms with Gasteiger partial charge in [0, 0.05) is 5.56 Å². The molecule has 0 N–H and O–H groups in total. The molecule has 1 aromatic heterocycles. The Balaban J connectivity index is 1.78. The molecule has 0 amide bonds. The second kappa shape index (κ2) is 9.17. The summed E-state index contributed by atoms with van der Waals surface area (Å²) in [5.41, 5.74) is 1.79. The number of aromatic nitrogens is 2. The number of nitrogens with zero attached hydrogens (tertiary/aromatic N) is 2. The van der Waals surface area contributed by atoms with E-state index in [9.17, 15) is 4.79 Å². The molecule has 3 aromatic rings. The highest BCUT2D eigenvalue weighted by molar-refractivity contribution is 5.92. The summed E-state index contributed by atoms with van der Waals surface area (Å²) < 4.78 is 32.1. The molecule has 158 valence electrons. The van der Waals surface area contributed by atoms with Crippen molar-refractivity contribution < 1.29 is 32.9 Å². The molecular formula is C21H22N2O7. The molecule has 2 aromatic carbocycles. The van der Waals surface area contributed by atoms with Gasteiger partial charge in [-0.3, -0.25) is 0 Å². The van der Waals surface area contributed by atoms with Gasteiger partial charge in [0.2, 0.25) is 11.6 Å². The Kier molecular flexibility index (Phi) is 6.41. The third-order valence-corrected chi connectivity index (χ3v) is 4.28. The molecule has 0 unspecified atom stereocenters. The van der Waals surface area contributed by atoms with Crippen molar-refractivity contribution in [2.75, 3.05) is 28.4 Å². The maximum atomic E-state index is 12.4. The van der Waals surface area contributed by atoms with Gasteiger partial charge in [0.15, 0.2) is 18.1 Å². The molecule has 0 aliphatic carbocycles. The van der Waals surface area contributed by atoms with Crippen LogP contribution in [0.5, 0.6) is 23.0 Å². The summed E-state index contributed by atoms with van der Waals surface area (Å²) in [6.45, 7) is 1.69. The molecule has 0 aliphatic heterocycles. The highest BCUT2D eigenvalue weighted by Crippen LogP contribution is 2.40. The third-order valence-electron chi connectivity index (χ3n) is 4.28. The van der Waals surface area contributed by atoms with Gasteiger partial charge in [-0.25, -0.2) is 4.79 Å². The first-order chi connectivity index (χ1) is 14.5. The maximum Gasteiger partial charge on any atom is 0.342 e. The average molecular weight is 414 g/mol. The van der Waals surface area contributed by atoms with Gasteiger partial charge >= 0.3 is 5.97 Å². The first-order valence-electron chi connectivity index (χ1n) is 8.95. The monoisotopic (exact) mass is 414 g/mol. The Bertz CT molecular complexity index is 1020. The van der Waals surface area contributed by atoms with Gasteiger partial charge in [-0.15, -0.1) is 10.2 Å². The second-order valence-corrected chi connectivity index (χ2v) is 6.19. The summed E-state index contributed by atoms with van der Waals surface area (Å²) >= 11 is 0. The predicted molar refractivity (Wildman–Crippen MR) is 106 cm³/mol. The predicted octanol–water partition coefficient (Wildman–Crippen LogP) is 3.44. The van der Waals surface area contributed by atoms with E-state index in [1.807, 2.05) is 13.0 Å². The minimum Gasteiger partial charge on any atom is -0.496 e. The topological polar surface area (TPSA) is 102 Å². The number of hydrogen-bond acceptors (Lipinski definition) is 9. The van der Waals surface area contributed by atoms with Crippen molar-refractivity contribution >= 4 is 5.97 Å². The Morgan fingerprint density at radius 1 is 0.900 bits per heavy atom. The largest absolute Gasteiger partial charge is 0.496 e. The lowest BCUT2D eigenvalue weighted by molar-refractivity contribution is 0.0435. The minimum absolute atomic E-state index is 0.138. The van der Waals surface area contributed by atoms with E-state index >= 15 is 0 Å². The number of ether oxygens (including phenoxy) is 5. The number of methoxy groups -OCH3 is 4. The molecule has 0 bridgehead atoms. The number of carbonyl (C=O) groups is 1. The van der Waals surface area contributed by atoms with Crippen LogP contribution in [0.15, 0.2) is 34.7 Å². The van der Waals surface area contributed by atoms with E-state index in [1.54, 1.807) is 24.3 Å². The lowest BCUT2D eigenvalue weighted by Crippen LogP contribution is -2.07. The highest BCUT2D eigenvalue weighted by atomic mass is 16.5. The molecular weight excluding hydrogens is 392 g/mol. The van der Waals surface area contributed by atoms with E-state index in [0.717, 1.165) is 5.56 Å². The smallest absolute Gasteiger partial charge is 0.342 e. The van der Waals surface area contributed by atoms with E-state index in [4.69, 9.17) is 28.1 Å². The zero-order valence-corrected chi connectivity index (χ0v) is 17.3. The van der Waals surface area contributed by atoms with Crippen molar-refractivity contribution in [3.63, 3.8) is 0 Å². The van der Waals surface area contributed by atoms with E-state index in [-0.39, 0.29) is 18.4 Å². The summed E-state index contributed by atoms with van der Waals surface area (Å²) in [6.07, 6.45) is 0. The molecule has 0 fully saturated rings. The fourth-order valence-electron chi connectivity index (χ4n) is 2.82. The van der Waals surface area contributed by atoms with Crippen molar-refractivity contribution in [3.8, 4) is 34.5 Å². The fourth-order valence-corrected chi connectivity index (χ4v) is 2.82. The quantitative estimate of drug-likeness (QED) is 0.513. The Hall–Kier alpha value is -3.75. The molecule has 0 saturated heterocycles. The van der Waals surface area contributed by atoms with Crippen molar-refractivity contribution in [1.82, 2.24) is 10.2 Å². The van der Waals surface area contributed by atoms with Crippen LogP contribution >= 0.6 is 0 Å². The standard InChI is InChI=1S/C21H22N2O7/c1-12-6-7-15(25-2)14(8-12)21(24)29-11-18-22-23-20(30-18)13-9-16(26-3)19(28-5)17(10-13)27-4/h6-10H,11H2,1-5H3. The van der Waals surface area contributed by atoms with Crippen LogP contribution in [0, 0.1) is 6.92 Å². The molecule has 9 nitrogen and oxygen atoms in total. The summed E-state index contributed by atoms with van der Waals surface area (Å²) in [6, 6.07) is 8.61. The van der Waals surface area contributed by atoms with Crippen LogP contribution in [-0.4, -0.2) is 44.6 Å². The normalized spacial score (nSPS) is 10.4. The first kappa shape index (κ1) is 21.0. The summed E-state index contributed by atoms with van der Waals surface area (Å²) in [7, 11) is 6.03. The lowest BCUT2D eigenvalue weighted by atomic mass is 10.1. The van der Waals surface area contributed by atoms with Gasteiger partial charge in [0.1, 0.15) is 11.3 Å². The Morgan fingerprint density at radius 2 is 1.57 bits per heavy atom. The van der Waals surface area contributed by atoms with E-state index in [0.29, 0.717) is 34.1 Å². The summed E-state index contributed by atoms with van der Waals surface area (Å²) in [4.78, 5) is 12.4. The number of carbonyl (C=O) groups excluding carboxylic acids is 1. The third kappa shape index (κ3) is 4.29. The van der Waals surface area contributed by atoms with Gasteiger partial charge in [-0.05, 0) is 31.2 Å². The molecule has 0 radical (unpaired) electrons. The molecule has 0 atom stereocenters. The van der Waals surface area contributed by atoms with Gasteiger partial charge in [-0.1, -0.05) is 11.6 Å². The molecule has 0 aliphatic rings. The van der Waals surface area contributed by atoms with Crippen LogP contribution in [0.4, 0.5) is 0 Å². The number of rotatable bonds is 8. The lowest BCUT2D eigenvalue weighted by Gasteiger charge is -2.12. The average Bonchev–Trinajstić information content (AvgIpc) is 3.25. The number of benzene rings is 2. The molecule has 0 spiro atoms. The van der Waals surface area contributed by atoms with Crippen LogP contribution in [0.25, 0.3) is 11.5 Å². The van der Waals surface area contributed by atoms with Crippen molar-refractivity contribution in [3.05, 3.63) is 47.3 Å². The molecule has 30 heavy (non-hydrogen) atoms. The number of aryl methyl sites for hydroxylation is 1. The minimum atomic E-state index is -0.553. The molecule has 1 heterocycles. The van der Waals surface area contributed by atoms with Gasteiger partial charge in [0.25, 0.3) is 5.89 Å². The zero-order chi connectivity index (χ0) is 21.7. The fraction of sp³-hybridized carbons (Fsp3) is 0.286. The molecule has 9 heteroatoms. The number of esters is 1. The zero-order valence-electron chi connectivity index (χ0n) is 17.3. The molecule has 0 saturated carbocycles. The van der Waals surface area contributed by atoms with Gasteiger partial charge < -0.3 is 28.1 Å². The summed E-state index contributed by atoms with van der Waals surface area (Å²) in [5.74, 6) is 1.57. The van der Waals surface area contributed by atoms with Gasteiger partial charge in [0.05, 0.1) is 28.4 Å². The highest BCUT2D eigenvalue weighted by Gasteiger charge is 2.19. The van der Waals surface area contributed by atoms with E-state index in [2.05, 4.69) is 10.2 Å². The molecule has 3 rings (SSSR count). The van der Waals surface area contributed by atoms with E-state index in [1.165, 1.54) is 28.4 Å². The van der Waals surface area contributed by atoms with Crippen molar-refractivity contribution in [2.45, 2.75) is 13.5 Å². The van der Waals surface area contributed by atoms with Crippen LogP contribution in [0.3, 0.4) is 0 Å². The van der Waals surface area contributed by atoms with Crippen LogP contribution < -0.4 is 18.9 Å². The van der Waals surface area contributed by atoms with Crippen molar-refractivity contribution in [2.24, 2.45) is 0 Å². The van der Waals surface area contributed by atoms with Crippen LogP contribution in [-0.2, 0) is 11.3 Å². The summed E-state index contributed by atoms with van der Waals surface area (Å²) in [5, 5.41) is 7.94. The van der Waals surface area contributed by atoms with Crippen LogP contribution in [0.2, 0.25) is 0 Å². The SMILES string of the molecule is COc1ccc(C)cc1C(=O)OCc1nnc(-c2cc(OC)c(OC)c(OC)c2)o1. The first-order valence-corrected chi connectivity index (χ1v) is 8.95. The van der Waals surface area contributed by atoms with E-state index < -0.39 is 5.97 Å². The Morgan fingerprint density at radius 3 is 2.17 bits per heavy atom. The maximum absolute atomic E-state index is 12.4. The second-order valence-electron chi connectivity index (χ2n) is 6.19. The Labute approximate surface area is 173 Å². The van der Waals surface area contributed by atoms with Gasteiger partial charge in [-0.2, -0.15) is 0 Å². The van der Waals surface area contributed by atoms with Crippen LogP contribution in [0.1, 0.15) is 21.8 Å². The van der Waals surface area contributed by atoms with Crippen molar-refractivity contribution in [1.29, 1.82) is 0 Å².